The largest absolute Gasteiger partial charge is 0.314 e. The van der Waals surface area contributed by atoms with Crippen LogP contribution in [0.15, 0.2) is 0 Å². The summed E-state index contributed by atoms with van der Waals surface area (Å²) in [4.78, 5) is 7.73. The van der Waals surface area contributed by atoms with E-state index in [1.54, 1.807) is 0 Å². The smallest absolute Gasteiger partial charge is 0.0195 e. The van der Waals surface area contributed by atoms with Crippen molar-refractivity contribution in [2.45, 2.75) is 19.4 Å². The van der Waals surface area contributed by atoms with Gasteiger partial charge in [-0.05, 0) is 33.5 Å². The number of hydrogen-bond acceptors (Lipinski definition) is 4. The molecule has 2 aliphatic heterocycles. The first-order valence-corrected chi connectivity index (χ1v) is 7.11. The summed E-state index contributed by atoms with van der Waals surface area (Å²) in [7, 11) is 2.25. The molecule has 2 aliphatic rings. The molecule has 0 aromatic rings. The van der Waals surface area contributed by atoms with Gasteiger partial charge >= 0.3 is 0 Å². The quantitative estimate of drug-likeness (QED) is 0.745. The van der Waals surface area contributed by atoms with Gasteiger partial charge in [0.1, 0.15) is 0 Å². The van der Waals surface area contributed by atoms with Crippen LogP contribution in [0.5, 0.6) is 0 Å². The Morgan fingerprint density at radius 1 is 1.06 bits per heavy atom. The molecule has 4 heteroatoms. The van der Waals surface area contributed by atoms with Gasteiger partial charge in [0.05, 0.1) is 0 Å². The maximum Gasteiger partial charge on any atom is 0.0195 e. The maximum absolute atomic E-state index is 3.42. The zero-order valence-electron chi connectivity index (χ0n) is 11.5. The van der Waals surface area contributed by atoms with Crippen LogP contribution in [0.4, 0.5) is 0 Å². The molecule has 2 rings (SSSR count). The lowest BCUT2D eigenvalue weighted by Gasteiger charge is -2.32. The molecule has 100 valence electrons. The Bertz CT molecular complexity index is 215. The lowest BCUT2D eigenvalue weighted by molar-refractivity contribution is 0.158. The molecule has 0 radical (unpaired) electrons. The molecule has 1 N–H and O–H groups in total. The average Bonchev–Trinajstić information content (AvgIpc) is 2.49. The molecule has 0 bridgehead atoms. The van der Waals surface area contributed by atoms with Crippen LogP contribution >= 0.6 is 0 Å². The second-order valence-corrected chi connectivity index (χ2v) is 5.59. The molecule has 0 aromatic heterocycles. The predicted octanol–water partition coefficient (Wildman–Crippen LogP) is -0.0824. The molecule has 2 heterocycles. The summed E-state index contributed by atoms with van der Waals surface area (Å²) < 4.78 is 0. The highest BCUT2D eigenvalue weighted by molar-refractivity contribution is 4.77. The third kappa shape index (κ3) is 4.21. The minimum atomic E-state index is 0.713. The van der Waals surface area contributed by atoms with Gasteiger partial charge in [-0.1, -0.05) is 0 Å². The molecular formula is C13H28N4. The second kappa shape index (κ2) is 6.69. The summed E-state index contributed by atoms with van der Waals surface area (Å²) in [5.74, 6) is 0. The van der Waals surface area contributed by atoms with Crippen LogP contribution in [0.2, 0.25) is 0 Å². The van der Waals surface area contributed by atoms with Crippen LogP contribution in [0, 0.1) is 0 Å². The minimum Gasteiger partial charge on any atom is -0.314 e. The Morgan fingerprint density at radius 2 is 1.82 bits per heavy atom. The SMILES string of the molecule is CC1CN(C)CCCN1CCN1CCNCC1. The lowest BCUT2D eigenvalue weighted by atomic mass is 10.2. The van der Waals surface area contributed by atoms with Crippen molar-refractivity contribution in [3.05, 3.63) is 0 Å². The van der Waals surface area contributed by atoms with Gasteiger partial charge in [0.2, 0.25) is 0 Å². The van der Waals surface area contributed by atoms with Crippen LogP contribution in [0.1, 0.15) is 13.3 Å². The average molecular weight is 240 g/mol. The number of piperazine rings is 1. The molecule has 2 saturated heterocycles. The van der Waals surface area contributed by atoms with E-state index in [9.17, 15) is 0 Å². The van der Waals surface area contributed by atoms with Gasteiger partial charge in [-0.15, -0.1) is 0 Å². The van der Waals surface area contributed by atoms with E-state index < -0.39 is 0 Å². The molecule has 4 nitrogen and oxygen atoms in total. The third-order valence-electron chi connectivity index (χ3n) is 4.10. The van der Waals surface area contributed by atoms with E-state index in [1.165, 1.54) is 52.2 Å². The van der Waals surface area contributed by atoms with Gasteiger partial charge in [0, 0.05) is 51.9 Å². The first kappa shape index (κ1) is 13.3. The fourth-order valence-corrected chi connectivity index (χ4v) is 2.96. The van der Waals surface area contributed by atoms with Gasteiger partial charge < -0.3 is 10.2 Å². The van der Waals surface area contributed by atoms with Crippen molar-refractivity contribution in [1.82, 2.24) is 20.0 Å². The van der Waals surface area contributed by atoms with E-state index in [0.717, 1.165) is 13.1 Å². The molecule has 0 amide bonds. The van der Waals surface area contributed by atoms with Gasteiger partial charge in [-0.2, -0.15) is 0 Å². The zero-order chi connectivity index (χ0) is 12.1. The summed E-state index contributed by atoms with van der Waals surface area (Å²) in [5, 5.41) is 3.42. The van der Waals surface area contributed by atoms with Crippen molar-refractivity contribution in [1.29, 1.82) is 0 Å². The molecular weight excluding hydrogens is 212 g/mol. The summed E-state index contributed by atoms with van der Waals surface area (Å²) >= 11 is 0. The first-order chi connectivity index (χ1) is 8.25. The summed E-state index contributed by atoms with van der Waals surface area (Å²) in [6.07, 6.45) is 1.32. The molecule has 0 aromatic carbocycles. The monoisotopic (exact) mass is 240 g/mol. The molecule has 0 aliphatic carbocycles. The van der Waals surface area contributed by atoms with Crippen molar-refractivity contribution in [3.8, 4) is 0 Å². The fraction of sp³-hybridized carbons (Fsp3) is 1.00. The molecule has 1 atom stereocenters. The molecule has 17 heavy (non-hydrogen) atoms. The number of nitrogens with one attached hydrogen (secondary N) is 1. The van der Waals surface area contributed by atoms with E-state index >= 15 is 0 Å². The lowest BCUT2D eigenvalue weighted by Crippen LogP contribution is -2.48. The highest BCUT2D eigenvalue weighted by Crippen LogP contribution is 2.08. The Kier molecular flexibility index (Phi) is 5.22. The van der Waals surface area contributed by atoms with E-state index in [-0.39, 0.29) is 0 Å². The Morgan fingerprint density at radius 3 is 2.59 bits per heavy atom. The molecule has 0 saturated carbocycles. The van der Waals surface area contributed by atoms with E-state index in [4.69, 9.17) is 0 Å². The van der Waals surface area contributed by atoms with Crippen LogP contribution in [0.3, 0.4) is 0 Å². The maximum atomic E-state index is 3.42. The summed E-state index contributed by atoms with van der Waals surface area (Å²) in [6.45, 7) is 13.4. The van der Waals surface area contributed by atoms with Crippen molar-refractivity contribution in [3.63, 3.8) is 0 Å². The second-order valence-electron chi connectivity index (χ2n) is 5.59. The number of hydrogen-bond donors (Lipinski definition) is 1. The van der Waals surface area contributed by atoms with Crippen LogP contribution in [0.25, 0.3) is 0 Å². The van der Waals surface area contributed by atoms with Gasteiger partial charge in [-0.25, -0.2) is 0 Å². The minimum absolute atomic E-state index is 0.713. The number of nitrogens with zero attached hydrogens (tertiary/aromatic N) is 3. The van der Waals surface area contributed by atoms with Gasteiger partial charge in [0.15, 0.2) is 0 Å². The van der Waals surface area contributed by atoms with Crippen molar-refractivity contribution in [2.75, 3.05) is 66.0 Å². The highest BCUT2D eigenvalue weighted by atomic mass is 15.3. The molecule has 2 fully saturated rings. The Balaban J connectivity index is 1.73. The van der Waals surface area contributed by atoms with Crippen molar-refractivity contribution in [2.24, 2.45) is 0 Å². The topological polar surface area (TPSA) is 21.8 Å². The van der Waals surface area contributed by atoms with Gasteiger partial charge in [-0.3, -0.25) is 9.80 Å². The number of rotatable bonds is 3. The normalized spacial score (nSPS) is 30.4. The van der Waals surface area contributed by atoms with Crippen molar-refractivity contribution < 1.29 is 0 Å². The fourth-order valence-electron chi connectivity index (χ4n) is 2.96. The van der Waals surface area contributed by atoms with E-state index in [0.29, 0.717) is 6.04 Å². The first-order valence-electron chi connectivity index (χ1n) is 7.11. The Hall–Kier alpha value is -0.160. The van der Waals surface area contributed by atoms with E-state index in [1.807, 2.05) is 0 Å². The third-order valence-corrected chi connectivity index (χ3v) is 4.10. The predicted molar refractivity (Wildman–Crippen MR) is 72.5 cm³/mol. The Labute approximate surface area is 106 Å². The number of likely N-dealkylation sites (N-methyl/N-ethyl adjacent to an activating group) is 1. The van der Waals surface area contributed by atoms with Crippen LogP contribution < -0.4 is 5.32 Å². The summed E-state index contributed by atoms with van der Waals surface area (Å²) in [5.41, 5.74) is 0. The highest BCUT2D eigenvalue weighted by Gasteiger charge is 2.20. The van der Waals surface area contributed by atoms with Crippen LogP contribution in [-0.2, 0) is 0 Å². The molecule has 0 spiro atoms. The zero-order valence-corrected chi connectivity index (χ0v) is 11.5. The summed E-state index contributed by atoms with van der Waals surface area (Å²) in [6, 6.07) is 0.713. The van der Waals surface area contributed by atoms with Crippen LogP contribution in [-0.4, -0.2) is 86.7 Å². The van der Waals surface area contributed by atoms with Gasteiger partial charge in [0.25, 0.3) is 0 Å². The standard InChI is InChI=1S/C13H28N4/c1-13-12-15(2)6-3-7-17(13)11-10-16-8-4-14-5-9-16/h13-14H,3-12H2,1-2H3. The van der Waals surface area contributed by atoms with Crippen molar-refractivity contribution >= 4 is 0 Å². The van der Waals surface area contributed by atoms with E-state index in [2.05, 4.69) is 34.0 Å². The molecule has 1 unspecified atom stereocenters.